The van der Waals surface area contributed by atoms with Crippen LogP contribution >= 0.6 is 0 Å². The zero-order valence-corrected chi connectivity index (χ0v) is 50.9. The summed E-state index contributed by atoms with van der Waals surface area (Å²) < 4.78 is 9.44. The van der Waals surface area contributed by atoms with E-state index in [2.05, 4.69) is 309 Å². The number of hydrogen-bond donors (Lipinski definition) is 0. The summed E-state index contributed by atoms with van der Waals surface area (Å²) in [7, 11) is 0. The Morgan fingerprint density at radius 1 is 0.191 bits per heavy atom. The molecule has 0 aliphatic heterocycles. The largest absolute Gasteiger partial charge is 0.309 e. The van der Waals surface area contributed by atoms with Crippen LogP contribution in [0.1, 0.15) is 0 Å². The summed E-state index contributed by atoms with van der Waals surface area (Å²) in [5.41, 5.74) is 19.6. The molecule has 0 spiro atoms. The molecule has 0 unspecified atom stereocenters. The molecule has 0 atom stereocenters. The van der Waals surface area contributed by atoms with Gasteiger partial charge in [0.1, 0.15) is 11.6 Å². The van der Waals surface area contributed by atoms with Crippen LogP contribution in [0.25, 0.3) is 167 Å². The van der Waals surface area contributed by atoms with Crippen molar-refractivity contribution in [2.24, 2.45) is 0 Å². The van der Waals surface area contributed by atoms with Crippen LogP contribution in [0, 0.1) is 0 Å². The van der Waals surface area contributed by atoms with Gasteiger partial charge in [0.15, 0.2) is 11.6 Å². The SMILES string of the molecule is c1ccc(-c2cc(-n3c4ccccc4c4c3ccc3c5ccccc5n(-c5ccccc5)c34)nc(-c3ccccc3)n2)cc1.c1ccc(-c2ccc(-c3cc(-n4c5ccccc5c5c4ccc4c6ccccc6n(-c6ccccc6)c45)nc(-c4ccccc4)n3)cc2)cc1. The fourth-order valence-electron chi connectivity index (χ4n) is 14.1. The van der Waals surface area contributed by atoms with E-state index in [1.165, 1.54) is 76.3 Å². The first kappa shape index (κ1) is 54.2. The molecule has 13 aromatic carbocycles. The lowest BCUT2D eigenvalue weighted by atomic mass is 10.0. The van der Waals surface area contributed by atoms with Gasteiger partial charge in [0.2, 0.25) is 0 Å². The number of nitrogens with zero attached hydrogens (tertiary/aromatic N) is 8. The van der Waals surface area contributed by atoms with Crippen molar-refractivity contribution in [3.8, 4) is 79.4 Å². The Kier molecular flexibility index (Phi) is 13.0. The second-order valence-electron chi connectivity index (χ2n) is 23.7. The van der Waals surface area contributed by atoms with E-state index >= 15 is 0 Å². The number of rotatable bonds is 9. The summed E-state index contributed by atoms with van der Waals surface area (Å²) in [6.07, 6.45) is 0. The van der Waals surface area contributed by atoms with Crippen molar-refractivity contribution in [1.29, 1.82) is 0 Å². The minimum atomic E-state index is 0.690. The van der Waals surface area contributed by atoms with Crippen molar-refractivity contribution >= 4 is 87.2 Å². The third kappa shape index (κ3) is 9.07. The Morgan fingerprint density at radius 3 is 0.894 bits per heavy atom. The molecule has 0 saturated carbocycles. The molecule has 6 aromatic heterocycles. The Balaban J connectivity index is 0.000000139. The summed E-state index contributed by atoms with van der Waals surface area (Å²) in [5.74, 6) is 3.06. The monoisotopic (exact) mass is 1200 g/mol. The van der Waals surface area contributed by atoms with Crippen LogP contribution < -0.4 is 0 Å². The van der Waals surface area contributed by atoms with Gasteiger partial charge in [-0.05, 0) is 71.8 Å². The summed E-state index contributed by atoms with van der Waals surface area (Å²) in [6.45, 7) is 0. The van der Waals surface area contributed by atoms with Gasteiger partial charge in [0.25, 0.3) is 0 Å². The normalized spacial score (nSPS) is 11.6. The standard InChI is InChI=1S/C46H30N4.C40H26N4/c1-4-14-31(15-5-1)32-24-26-33(27-25-32)39-30-43(48-46(47-39)34-16-6-2-7-17-34)50-41-23-13-11-21-38(41)44-42(50)29-28-37-36-20-10-12-22-40(36)49(45(37)44)35-18-8-3-9-19-35;1-4-14-27(15-5-1)33-26-37(42-40(41-33)28-16-6-2-7-17-28)44-35-23-13-11-21-32(35)38-36(44)25-24-31-30-20-10-12-22-34(30)43(39(31)38)29-18-8-3-9-19-29/h1-30H;1-26H. The first-order valence-corrected chi connectivity index (χ1v) is 31.8. The van der Waals surface area contributed by atoms with E-state index in [0.717, 1.165) is 78.7 Å². The summed E-state index contributed by atoms with van der Waals surface area (Å²) in [5, 5.41) is 9.72. The van der Waals surface area contributed by atoms with Crippen molar-refractivity contribution in [2.45, 2.75) is 0 Å². The van der Waals surface area contributed by atoms with Gasteiger partial charge in [-0.15, -0.1) is 0 Å². The Hall–Kier alpha value is -12.8. The molecule has 94 heavy (non-hydrogen) atoms. The summed E-state index contributed by atoms with van der Waals surface area (Å²) in [4.78, 5) is 20.7. The lowest BCUT2D eigenvalue weighted by molar-refractivity contribution is 1.05. The minimum absolute atomic E-state index is 0.690. The third-order valence-corrected chi connectivity index (χ3v) is 18.3. The van der Waals surface area contributed by atoms with Crippen molar-refractivity contribution in [3.63, 3.8) is 0 Å². The van der Waals surface area contributed by atoms with Crippen LogP contribution in [0.5, 0.6) is 0 Å². The molecule has 0 aliphatic rings. The van der Waals surface area contributed by atoms with Crippen LogP contribution in [0.4, 0.5) is 0 Å². The van der Waals surface area contributed by atoms with Crippen LogP contribution in [0.2, 0.25) is 0 Å². The quantitative estimate of drug-likeness (QED) is 0.144. The minimum Gasteiger partial charge on any atom is -0.309 e. The van der Waals surface area contributed by atoms with Gasteiger partial charge in [0.05, 0.1) is 55.5 Å². The molecule has 8 nitrogen and oxygen atoms in total. The maximum Gasteiger partial charge on any atom is 0.162 e. The fourth-order valence-corrected chi connectivity index (χ4v) is 14.1. The number of fused-ring (bicyclic) bond motifs is 14. The average molecular weight is 1200 g/mol. The average Bonchev–Trinajstić information content (AvgIpc) is 1.56. The predicted molar refractivity (Wildman–Crippen MR) is 389 cm³/mol. The summed E-state index contributed by atoms with van der Waals surface area (Å²) in [6, 6.07) is 119. The molecule has 0 fully saturated rings. The van der Waals surface area contributed by atoms with Gasteiger partial charge < -0.3 is 9.13 Å². The van der Waals surface area contributed by atoms with Gasteiger partial charge in [-0.25, -0.2) is 19.9 Å². The molecule has 0 bridgehead atoms. The van der Waals surface area contributed by atoms with E-state index < -0.39 is 0 Å². The fraction of sp³-hybridized carbons (Fsp3) is 0. The first-order chi connectivity index (χ1) is 46.7. The van der Waals surface area contributed by atoms with Gasteiger partial charge in [0, 0.05) is 88.9 Å². The Morgan fingerprint density at radius 2 is 0.489 bits per heavy atom. The van der Waals surface area contributed by atoms with Crippen LogP contribution in [0.15, 0.2) is 340 Å². The smallest absolute Gasteiger partial charge is 0.162 e. The van der Waals surface area contributed by atoms with E-state index in [4.69, 9.17) is 19.9 Å². The highest BCUT2D eigenvalue weighted by Gasteiger charge is 2.25. The van der Waals surface area contributed by atoms with E-state index in [9.17, 15) is 0 Å². The molecular weight excluding hydrogens is 1150 g/mol. The molecule has 0 N–H and O–H groups in total. The lowest BCUT2D eigenvalue weighted by Gasteiger charge is -2.13. The van der Waals surface area contributed by atoms with Crippen molar-refractivity contribution in [2.75, 3.05) is 0 Å². The van der Waals surface area contributed by atoms with E-state index in [0.29, 0.717) is 11.6 Å². The predicted octanol–water partition coefficient (Wildman–Crippen LogP) is 21.7. The Bertz CT molecular complexity index is 6000. The molecule has 6 heterocycles. The highest BCUT2D eigenvalue weighted by Crippen LogP contribution is 2.45. The van der Waals surface area contributed by atoms with Gasteiger partial charge in [-0.2, -0.15) is 0 Å². The van der Waals surface area contributed by atoms with Crippen LogP contribution in [-0.4, -0.2) is 38.2 Å². The number of para-hydroxylation sites is 6. The molecule has 0 amide bonds. The zero-order chi connectivity index (χ0) is 62.1. The molecule has 440 valence electrons. The number of hydrogen-bond acceptors (Lipinski definition) is 4. The highest BCUT2D eigenvalue weighted by atomic mass is 15.1. The van der Waals surface area contributed by atoms with Crippen LogP contribution in [-0.2, 0) is 0 Å². The summed E-state index contributed by atoms with van der Waals surface area (Å²) >= 11 is 0. The second-order valence-corrected chi connectivity index (χ2v) is 23.7. The zero-order valence-electron chi connectivity index (χ0n) is 50.9. The Labute approximate surface area is 541 Å². The second kappa shape index (κ2) is 22.6. The van der Waals surface area contributed by atoms with Crippen molar-refractivity contribution < 1.29 is 0 Å². The molecular formula is C86H56N8. The molecule has 19 aromatic rings. The number of aromatic nitrogens is 8. The van der Waals surface area contributed by atoms with Gasteiger partial charge in [-0.3, -0.25) is 9.13 Å². The lowest BCUT2D eigenvalue weighted by Crippen LogP contribution is -2.02. The van der Waals surface area contributed by atoms with E-state index in [-0.39, 0.29) is 0 Å². The third-order valence-electron chi connectivity index (χ3n) is 18.3. The maximum atomic E-state index is 5.29. The molecule has 0 saturated heterocycles. The maximum absolute atomic E-state index is 5.29. The van der Waals surface area contributed by atoms with Gasteiger partial charge >= 0.3 is 0 Å². The topological polar surface area (TPSA) is 71.3 Å². The molecule has 19 rings (SSSR count). The number of benzene rings is 13. The van der Waals surface area contributed by atoms with E-state index in [1.807, 2.05) is 48.5 Å². The molecule has 0 aliphatic carbocycles. The van der Waals surface area contributed by atoms with E-state index in [1.54, 1.807) is 0 Å². The van der Waals surface area contributed by atoms with Crippen molar-refractivity contribution in [1.82, 2.24) is 38.2 Å². The van der Waals surface area contributed by atoms with Crippen molar-refractivity contribution in [3.05, 3.63) is 340 Å². The molecule has 0 radical (unpaired) electrons. The van der Waals surface area contributed by atoms with Crippen LogP contribution in [0.3, 0.4) is 0 Å². The van der Waals surface area contributed by atoms with Gasteiger partial charge in [-0.1, -0.05) is 267 Å². The molecule has 8 heteroatoms. The first-order valence-electron chi connectivity index (χ1n) is 31.8. The highest BCUT2D eigenvalue weighted by molar-refractivity contribution is 6.27.